The number of carbonyl (C=O) groups is 2. The van der Waals surface area contributed by atoms with Crippen LogP contribution in [0.15, 0.2) is 36.4 Å². The van der Waals surface area contributed by atoms with E-state index in [1.807, 2.05) is 29.2 Å². The fourth-order valence-corrected chi connectivity index (χ4v) is 5.26. The van der Waals surface area contributed by atoms with Crippen molar-refractivity contribution >= 4 is 11.8 Å². The van der Waals surface area contributed by atoms with Gasteiger partial charge in [-0.3, -0.25) is 14.5 Å². The van der Waals surface area contributed by atoms with Gasteiger partial charge < -0.3 is 19.6 Å². The summed E-state index contributed by atoms with van der Waals surface area (Å²) in [5.41, 5.74) is 1.10. The highest BCUT2D eigenvalue weighted by molar-refractivity contribution is 5.79. The largest absolute Gasteiger partial charge is 0.489 e. The first-order valence-corrected chi connectivity index (χ1v) is 12.4. The molecule has 0 spiro atoms. The van der Waals surface area contributed by atoms with Crippen molar-refractivity contribution in [2.45, 2.75) is 45.3 Å². The molecule has 0 aromatic heterocycles. The van der Waals surface area contributed by atoms with Gasteiger partial charge >= 0.3 is 0 Å². The summed E-state index contributed by atoms with van der Waals surface area (Å²) in [4.78, 5) is 32.0. The summed E-state index contributed by atoms with van der Waals surface area (Å²) in [7, 11) is 0. The lowest BCUT2D eigenvalue weighted by Crippen LogP contribution is -2.48. The van der Waals surface area contributed by atoms with Crippen LogP contribution >= 0.6 is 0 Å². The minimum absolute atomic E-state index is 0.118. The van der Waals surface area contributed by atoms with Crippen LogP contribution in [0.1, 0.15) is 38.2 Å². The normalized spacial score (nSPS) is 27.7. The molecule has 2 fully saturated rings. The standard InChI is InChI=1S/C26H37N3O4/c1-2-11-27-16-22-6-3-4-8-24(22)33-14-5-7-21-17-28(26(32)19-27)12-9-20(21)15-25(31)29-13-10-23(30)18-29/h3-8,20-21,23,30H,2,9-19H2,1H3/b7-5-/t20-,21-,23+/m0/s1. The average Bonchev–Trinajstić information content (AvgIpc) is 3.24. The molecule has 7 heteroatoms. The Hall–Kier alpha value is -2.38. The number of β-amino-alcohol motifs (C(OH)–C–C–N with tert-alkyl or cyclic N) is 1. The molecule has 0 unspecified atom stereocenters. The van der Waals surface area contributed by atoms with Crippen molar-refractivity contribution in [2.24, 2.45) is 11.8 Å². The maximum absolute atomic E-state index is 13.2. The third kappa shape index (κ3) is 6.15. The fourth-order valence-electron chi connectivity index (χ4n) is 5.26. The zero-order valence-corrected chi connectivity index (χ0v) is 19.7. The van der Waals surface area contributed by atoms with Crippen LogP contribution in [-0.4, -0.2) is 83.6 Å². The van der Waals surface area contributed by atoms with Crippen LogP contribution in [0.25, 0.3) is 0 Å². The van der Waals surface area contributed by atoms with Gasteiger partial charge in [0.1, 0.15) is 12.4 Å². The summed E-state index contributed by atoms with van der Waals surface area (Å²) in [5.74, 6) is 1.45. The van der Waals surface area contributed by atoms with Gasteiger partial charge in [0.25, 0.3) is 0 Å². The maximum atomic E-state index is 13.2. The van der Waals surface area contributed by atoms with Gasteiger partial charge in [-0.2, -0.15) is 0 Å². The Balaban J connectivity index is 1.50. The number of nitrogens with zero attached hydrogens (tertiary/aromatic N) is 3. The molecule has 0 aliphatic carbocycles. The summed E-state index contributed by atoms with van der Waals surface area (Å²) in [6.45, 7) is 6.96. The van der Waals surface area contributed by atoms with Crippen molar-refractivity contribution in [2.75, 3.05) is 45.9 Å². The second-order valence-corrected chi connectivity index (χ2v) is 9.60. The lowest BCUT2D eigenvalue weighted by atomic mass is 9.82. The number of para-hydroxylation sites is 1. The Morgan fingerprint density at radius 3 is 2.79 bits per heavy atom. The van der Waals surface area contributed by atoms with Crippen LogP contribution in [-0.2, 0) is 16.1 Å². The van der Waals surface area contributed by atoms with E-state index in [0.29, 0.717) is 58.7 Å². The van der Waals surface area contributed by atoms with Gasteiger partial charge in [-0.05, 0) is 43.7 Å². The molecule has 180 valence electrons. The van der Waals surface area contributed by atoms with E-state index in [0.717, 1.165) is 30.7 Å². The van der Waals surface area contributed by atoms with Crippen LogP contribution in [0.3, 0.4) is 0 Å². The molecule has 3 heterocycles. The van der Waals surface area contributed by atoms with E-state index in [9.17, 15) is 14.7 Å². The highest BCUT2D eigenvalue weighted by atomic mass is 16.5. The summed E-state index contributed by atoms with van der Waals surface area (Å²) < 4.78 is 6.09. The van der Waals surface area contributed by atoms with Gasteiger partial charge in [-0.15, -0.1) is 0 Å². The fraction of sp³-hybridized carbons (Fsp3) is 0.615. The number of ether oxygens (including phenoxy) is 1. The van der Waals surface area contributed by atoms with Crippen molar-refractivity contribution in [1.82, 2.24) is 14.7 Å². The number of hydrogen-bond acceptors (Lipinski definition) is 5. The average molecular weight is 456 g/mol. The van der Waals surface area contributed by atoms with Gasteiger partial charge in [0.05, 0.1) is 12.6 Å². The number of likely N-dealkylation sites (tertiary alicyclic amines) is 1. The molecule has 1 aromatic rings. The molecule has 3 aliphatic rings. The van der Waals surface area contributed by atoms with Gasteiger partial charge in [0, 0.05) is 44.7 Å². The second kappa shape index (κ2) is 11.2. The first-order chi connectivity index (χ1) is 16.0. The Morgan fingerprint density at radius 1 is 1.15 bits per heavy atom. The Kier molecular flexibility index (Phi) is 8.04. The van der Waals surface area contributed by atoms with Crippen LogP contribution < -0.4 is 4.74 Å². The van der Waals surface area contributed by atoms with Crippen molar-refractivity contribution in [3.8, 4) is 5.75 Å². The molecule has 7 nitrogen and oxygen atoms in total. The molecule has 33 heavy (non-hydrogen) atoms. The lowest BCUT2D eigenvalue weighted by molar-refractivity contribution is -0.136. The number of benzene rings is 1. The van der Waals surface area contributed by atoms with Crippen LogP contribution in [0.2, 0.25) is 0 Å². The van der Waals surface area contributed by atoms with E-state index in [2.05, 4.69) is 24.0 Å². The van der Waals surface area contributed by atoms with E-state index in [4.69, 9.17) is 4.74 Å². The number of rotatable bonds is 4. The molecule has 3 atom stereocenters. The summed E-state index contributed by atoms with van der Waals surface area (Å²) >= 11 is 0. The van der Waals surface area contributed by atoms with Crippen molar-refractivity contribution in [1.29, 1.82) is 0 Å². The molecule has 0 radical (unpaired) electrons. The molecule has 4 rings (SSSR count). The zero-order chi connectivity index (χ0) is 23.2. The monoisotopic (exact) mass is 455 g/mol. The molecule has 2 saturated heterocycles. The minimum Gasteiger partial charge on any atom is -0.489 e. The lowest BCUT2D eigenvalue weighted by Gasteiger charge is -2.38. The van der Waals surface area contributed by atoms with Crippen LogP contribution in [0, 0.1) is 11.8 Å². The van der Waals surface area contributed by atoms with E-state index in [-0.39, 0.29) is 23.7 Å². The third-order valence-electron chi connectivity index (χ3n) is 7.10. The number of aliphatic hydroxyl groups excluding tert-OH is 1. The molecule has 0 saturated carbocycles. The number of amides is 2. The first-order valence-electron chi connectivity index (χ1n) is 12.4. The maximum Gasteiger partial charge on any atom is 0.236 e. The van der Waals surface area contributed by atoms with Gasteiger partial charge in [0.15, 0.2) is 0 Å². The second-order valence-electron chi connectivity index (χ2n) is 9.60. The topological polar surface area (TPSA) is 73.3 Å². The van der Waals surface area contributed by atoms with Gasteiger partial charge in [-0.1, -0.05) is 37.3 Å². The molecule has 2 amide bonds. The van der Waals surface area contributed by atoms with Gasteiger partial charge in [-0.25, -0.2) is 0 Å². The summed E-state index contributed by atoms with van der Waals surface area (Å²) in [6, 6.07) is 8.05. The number of piperidine rings is 1. The van der Waals surface area contributed by atoms with Gasteiger partial charge in [0.2, 0.25) is 11.8 Å². The summed E-state index contributed by atoms with van der Waals surface area (Å²) in [5, 5.41) is 9.79. The molecule has 3 aliphatic heterocycles. The Labute approximate surface area is 197 Å². The SMILES string of the molecule is CCCN1CC(=O)N2CC[C@@H](CC(=O)N3CC[C@@H](O)C3)[C@@H](/C=C\COc3ccccc3C1)C2. The predicted octanol–water partition coefficient (Wildman–Crippen LogP) is 2.30. The highest BCUT2D eigenvalue weighted by Gasteiger charge is 2.34. The van der Waals surface area contributed by atoms with Crippen molar-refractivity contribution in [3.63, 3.8) is 0 Å². The molecular formula is C26H37N3O4. The number of aliphatic hydroxyl groups is 1. The first kappa shape index (κ1) is 23.8. The third-order valence-corrected chi connectivity index (χ3v) is 7.10. The number of hydrogen-bond donors (Lipinski definition) is 1. The van der Waals surface area contributed by atoms with E-state index >= 15 is 0 Å². The Bertz CT molecular complexity index is 858. The molecule has 2 bridgehead atoms. The predicted molar refractivity (Wildman–Crippen MR) is 127 cm³/mol. The smallest absolute Gasteiger partial charge is 0.236 e. The van der Waals surface area contributed by atoms with Crippen LogP contribution in [0.5, 0.6) is 5.75 Å². The number of carbonyl (C=O) groups excluding carboxylic acids is 2. The zero-order valence-electron chi connectivity index (χ0n) is 19.7. The van der Waals surface area contributed by atoms with E-state index in [1.165, 1.54) is 0 Å². The van der Waals surface area contributed by atoms with E-state index < -0.39 is 6.10 Å². The molecule has 1 N–H and O–H groups in total. The highest BCUT2D eigenvalue weighted by Crippen LogP contribution is 2.30. The molecule has 1 aromatic carbocycles. The number of fused-ring (bicyclic) bond motifs is 3. The Morgan fingerprint density at radius 2 is 2.00 bits per heavy atom. The van der Waals surface area contributed by atoms with Crippen molar-refractivity contribution in [3.05, 3.63) is 42.0 Å². The van der Waals surface area contributed by atoms with E-state index in [1.54, 1.807) is 4.90 Å². The summed E-state index contributed by atoms with van der Waals surface area (Å²) in [6.07, 6.45) is 6.71. The van der Waals surface area contributed by atoms with Crippen molar-refractivity contribution < 1.29 is 19.4 Å². The van der Waals surface area contributed by atoms with Crippen LogP contribution in [0.4, 0.5) is 0 Å². The minimum atomic E-state index is -0.398. The quantitative estimate of drug-likeness (QED) is 0.706. The molecular weight excluding hydrogens is 418 g/mol.